The second-order valence-electron chi connectivity index (χ2n) is 4.51. The molecule has 4 N–H and O–H groups in total. The number of carbonyl (C=O) groups is 1. The van der Waals surface area contributed by atoms with E-state index in [1.807, 2.05) is 30.3 Å². The quantitative estimate of drug-likeness (QED) is 0.415. The molecule has 2 aromatic rings. The number of anilines is 3. The average Bonchev–Trinajstić information content (AvgIpc) is 2.53. The number of nitriles is 1. The van der Waals surface area contributed by atoms with Crippen LogP contribution in [0, 0.1) is 11.3 Å². The van der Waals surface area contributed by atoms with E-state index in [1.54, 1.807) is 12.1 Å². The maximum absolute atomic E-state index is 12.1. The van der Waals surface area contributed by atoms with Crippen LogP contribution in [0.3, 0.4) is 0 Å². The summed E-state index contributed by atoms with van der Waals surface area (Å²) < 4.78 is 0.936. The van der Waals surface area contributed by atoms with Crippen molar-refractivity contribution in [1.82, 2.24) is 0 Å². The zero-order valence-electron chi connectivity index (χ0n) is 11.8. The summed E-state index contributed by atoms with van der Waals surface area (Å²) in [5, 5.41) is 14.9. The molecule has 0 spiro atoms. The van der Waals surface area contributed by atoms with Crippen LogP contribution in [0.2, 0.25) is 5.02 Å². The fraction of sp³-hybridized carbons (Fsp3) is 0. The second-order valence-corrected chi connectivity index (χ2v) is 5.83. The van der Waals surface area contributed by atoms with Crippen LogP contribution in [0.15, 0.2) is 58.7 Å². The number of nitrogens with zero attached hydrogens (tertiary/aromatic N) is 1. The zero-order chi connectivity index (χ0) is 16.8. The summed E-state index contributed by atoms with van der Waals surface area (Å²) in [4.78, 5) is 12.1. The second kappa shape index (κ2) is 7.68. The molecule has 0 atom stereocenters. The van der Waals surface area contributed by atoms with Gasteiger partial charge in [-0.1, -0.05) is 27.5 Å². The number of carbonyl (C=O) groups excluding carboxylic acids is 1. The highest BCUT2D eigenvalue weighted by Gasteiger charge is 2.10. The highest BCUT2D eigenvalue weighted by molar-refractivity contribution is 9.10. The molecule has 0 fully saturated rings. The Morgan fingerprint density at radius 2 is 1.87 bits per heavy atom. The number of rotatable bonds is 4. The molecule has 0 aliphatic rings. The van der Waals surface area contributed by atoms with Gasteiger partial charge in [-0.05, 0) is 42.5 Å². The van der Waals surface area contributed by atoms with Gasteiger partial charge in [-0.15, -0.1) is 0 Å². The van der Waals surface area contributed by atoms with Gasteiger partial charge in [-0.2, -0.15) is 5.26 Å². The maximum atomic E-state index is 12.1. The van der Waals surface area contributed by atoms with E-state index in [-0.39, 0.29) is 5.57 Å². The third-order valence-corrected chi connectivity index (χ3v) is 3.71. The van der Waals surface area contributed by atoms with Crippen LogP contribution in [0.1, 0.15) is 0 Å². The first-order valence-electron chi connectivity index (χ1n) is 6.48. The van der Waals surface area contributed by atoms with Crippen LogP contribution in [-0.4, -0.2) is 5.91 Å². The summed E-state index contributed by atoms with van der Waals surface area (Å²) in [5.74, 6) is -0.544. The van der Waals surface area contributed by atoms with Crippen LogP contribution in [0.5, 0.6) is 0 Å². The van der Waals surface area contributed by atoms with E-state index in [2.05, 4.69) is 26.6 Å². The zero-order valence-corrected chi connectivity index (χ0v) is 14.1. The van der Waals surface area contributed by atoms with E-state index < -0.39 is 5.91 Å². The molecule has 0 unspecified atom stereocenters. The number of nitrogens with one attached hydrogen (secondary N) is 2. The Balaban J connectivity index is 2.08. The molecule has 0 radical (unpaired) electrons. The van der Waals surface area contributed by atoms with Crippen molar-refractivity contribution < 1.29 is 4.79 Å². The molecule has 0 heterocycles. The first-order chi connectivity index (χ1) is 11.0. The number of nitrogen functional groups attached to an aromatic ring is 1. The predicted octanol–water partition coefficient (Wildman–Crippen LogP) is 4.14. The SMILES string of the molecule is N#C/C(=C/Nc1ccc(Br)cc1)C(=O)Nc1ccc(N)c(Cl)c1. The molecule has 2 rings (SSSR count). The van der Waals surface area contributed by atoms with E-state index in [1.165, 1.54) is 12.3 Å². The lowest BCUT2D eigenvalue weighted by molar-refractivity contribution is -0.112. The first-order valence-corrected chi connectivity index (χ1v) is 7.65. The minimum atomic E-state index is -0.544. The molecule has 23 heavy (non-hydrogen) atoms. The molecular weight excluding hydrogens is 380 g/mol. The molecule has 2 aromatic carbocycles. The minimum Gasteiger partial charge on any atom is -0.398 e. The highest BCUT2D eigenvalue weighted by atomic mass is 79.9. The van der Waals surface area contributed by atoms with Crippen LogP contribution in [-0.2, 0) is 4.79 Å². The molecule has 0 aliphatic heterocycles. The van der Waals surface area contributed by atoms with Crippen molar-refractivity contribution in [3.8, 4) is 6.07 Å². The number of nitrogens with two attached hydrogens (primary N) is 1. The minimum absolute atomic E-state index is 0.0686. The van der Waals surface area contributed by atoms with Crippen molar-refractivity contribution in [1.29, 1.82) is 5.26 Å². The third kappa shape index (κ3) is 4.74. The van der Waals surface area contributed by atoms with Gasteiger partial charge >= 0.3 is 0 Å². The van der Waals surface area contributed by atoms with E-state index in [4.69, 9.17) is 22.6 Å². The Bertz CT molecular complexity index is 797. The lowest BCUT2D eigenvalue weighted by Crippen LogP contribution is -2.14. The van der Waals surface area contributed by atoms with E-state index in [0.717, 1.165) is 10.2 Å². The van der Waals surface area contributed by atoms with Crippen molar-refractivity contribution in [3.05, 3.63) is 63.7 Å². The van der Waals surface area contributed by atoms with Crippen LogP contribution in [0.25, 0.3) is 0 Å². The molecule has 0 bridgehead atoms. The van der Waals surface area contributed by atoms with Gasteiger partial charge in [0.2, 0.25) is 0 Å². The summed E-state index contributed by atoms with van der Waals surface area (Å²) in [7, 11) is 0. The van der Waals surface area contributed by atoms with Gasteiger partial charge in [0.05, 0.1) is 10.7 Å². The third-order valence-electron chi connectivity index (χ3n) is 2.85. The van der Waals surface area contributed by atoms with Gasteiger partial charge in [0, 0.05) is 22.0 Å². The van der Waals surface area contributed by atoms with Gasteiger partial charge < -0.3 is 16.4 Å². The van der Waals surface area contributed by atoms with Crippen molar-refractivity contribution in [2.75, 3.05) is 16.4 Å². The molecule has 5 nitrogen and oxygen atoms in total. The molecule has 116 valence electrons. The molecule has 0 aliphatic carbocycles. The average molecular weight is 392 g/mol. The van der Waals surface area contributed by atoms with Gasteiger partial charge in [-0.25, -0.2) is 0 Å². The number of halogens is 2. The van der Waals surface area contributed by atoms with Crippen molar-refractivity contribution in [2.24, 2.45) is 0 Å². The largest absolute Gasteiger partial charge is 0.398 e. The van der Waals surface area contributed by atoms with Gasteiger partial charge in [-0.3, -0.25) is 4.79 Å². The van der Waals surface area contributed by atoms with Crippen molar-refractivity contribution in [3.63, 3.8) is 0 Å². The summed E-state index contributed by atoms with van der Waals surface area (Å²) >= 11 is 9.22. The van der Waals surface area contributed by atoms with Gasteiger partial charge in [0.25, 0.3) is 5.91 Å². The molecular formula is C16H12BrClN4O. The smallest absolute Gasteiger partial charge is 0.267 e. The monoisotopic (exact) mass is 390 g/mol. The Hall–Kier alpha value is -2.49. The predicted molar refractivity (Wildman–Crippen MR) is 96.0 cm³/mol. The lowest BCUT2D eigenvalue weighted by Gasteiger charge is -2.07. The summed E-state index contributed by atoms with van der Waals surface area (Å²) in [6, 6.07) is 13.9. The first kappa shape index (κ1) is 16.9. The standard InChI is InChI=1S/C16H12BrClN4O/c17-11-1-3-12(4-2-11)21-9-10(8-19)16(23)22-13-5-6-15(20)14(18)7-13/h1-7,9,21H,20H2,(H,22,23)/b10-9-. The fourth-order valence-electron chi connectivity index (χ4n) is 1.65. The van der Waals surface area contributed by atoms with Crippen molar-refractivity contribution >= 4 is 50.5 Å². The Morgan fingerprint density at radius 3 is 2.48 bits per heavy atom. The van der Waals surface area contributed by atoms with Gasteiger partial charge in [0.15, 0.2) is 0 Å². The van der Waals surface area contributed by atoms with Gasteiger partial charge in [0.1, 0.15) is 11.6 Å². The number of benzene rings is 2. The van der Waals surface area contributed by atoms with E-state index in [0.29, 0.717) is 16.4 Å². The van der Waals surface area contributed by atoms with Crippen LogP contribution < -0.4 is 16.4 Å². The maximum Gasteiger partial charge on any atom is 0.267 e. The Morgan fingerprint density at radius 1 is 1.22 bits per heavy atom. The molecule has 7 heteroatoms. The normalized spacial score (nSPS) is 10.7. The van der Waals surface area contributed by atoms with E-state index >= 15 is 0 Å². The topological polar surface area (TPSA) is 90.9 Å². The highest BCUT2D eigenvalue weighted by Crippen LogP contribution is 2.23. The summed E-state index contributed by atoms with van der Waals surface area (Å²) in [6.45, 7) is 0. The number of amides is 1. The molecule has 0 aromatic heterocycles. The lowest BCUT2D eigenvalue weighted by atomic mass is 10.2. The van der Waals surface area contributed by atoms with Crippen LogP contribution in [0.4, 0.5) is 17.1 Å². The Kier molecular flexibility index (Phi) is 5.63. The Labute approximate surface area is 146 Å². The summed E-state index contributed by atoms with van der Waals surface area (Å²) in [5.41, 5.74) is 7.16. The molecule has 0 saturated carbocycles. The fourth-order valence-corrected chi connectivity index (χ4v) is 2.10. The molecule has 1 amide bonds. The molecule has 0 saturated heterocycles. The van der Waals surface area contributed by atoms with Crippen LogP contribution >= 0.6 is 27.5 Å². The van der Waals surface area contributed by atoms with Crippen molar-refractivity contribution in [2.45, 2.75) is 0 Å². The summed E-state index contributed by atoms with van der Waals surface area (Å²) in [6.07, 6.45) is 1.34. The number of hydrogen-bond acceptors (Lipinski definition) is 4. The van der Waals surface area contributed by atoms with E-state index in [9.17, 15) is 4.79 Å². The number of hydrogen-bond donors (Lipinski definition) is 3.